The summed E-state index contributed by atoms with van der Waals surface area (Å²) in [5.74, 6) is -0.350. The predicted molar refractivity (Wildman–Crippen MR) is 67.9 cm³/mol. The fourth-order valence-electron chi connectivity index (χ4n) is 1.38. The smallest absolute Gasteiger partial charge is 0.216 e. The van der Waals surface area contributed by atoms with Gasteiger partial charge < -0.3 is 11.1 Å². The van der Waals surface area contributed by atoms with Crippen molar-refractivity contribution in [2.75, 3.05) is 12.3 Å². The van der Waals surface area contributed by atoms with Crippen LogP contribution >= 0.6 is 0 Å². The summed E-state index contributed by atoms with van der Waals surface area (Å²) in [4.78, 5) is 10.6. The molecule has 92 valence electrons. The molecule has 0 fully saturated rings. The Morgan fingerprint density at radius 3 is 2.88 bits per heavy atom. The second-order valence-corrected chi connectivity index (χ2v) is 3.90. The van der Waals surface area contributed by atoms with Gasteiger partial charge in [-0.25, -0.2) is 4.39 Å². The van der Waals surface area contributed by atoms with Gasteiger partial charge in [0.15, 0.2) is 0 Å². The van der Waals surface area contributed by atoms with Crippen molar-refractivity contribution >= 4 is 17.7 Å². The molecule has 0 saturated carbocycles. The highest BCUT2D eigenvalue weighted by atomic mass is 19.1. The van der Waals surface area contributed by atoms with Gasteiger partial charge in [-0.3, -0.25) is 4.79 Å². The quantitative estimate of drug-likeness (QED) is 0.622. The molecule has 0 aliphatic rings. The van der Waals surface area contributed by atoms with E-state index < -0.39 is 0 Å². The summed E-state index contributed by atoms with van der Waals surface area (Å²) in [7, 11) is 0. The van der Waals surface area contributed by atoms with Gasteiger partial charge >= 0.3 is 0 Å². The molecule has 0 aromatic heterocycles. The zero-order chi connectivity index (χ0) is 12.8. The lowest BCUT2D eigenvalue weighted by atomic mass is 10.1. The Morgan fingerprint density at radius 1 is 1.53 bits per heavy atom. The second-order valence-electron chi connectivity index (χ2n) is 3.90. The molecule has 0 spiro atoms. The highest BCUT2D eigenvalue weighted by Crippen LogP contribution is 2.18. The van der Waals surface area contributed by atoms with Crippen LogP contribution in [0.1, 0.15) is 24.5 Å². The van der Waals surface area contributed by atoms with Gasteiger partial charge in [0.25, 0.3) is 0 Å². The number of aryl methyl sites for hydroxylation is 1. The number of hydrogen-bond acceptors (Lipinski definition) is 2. The van der Waals surface area contributed by atoms with Gasteiger partial charge in [0, 0.05) is 24.7 Å². The van der Waals surface area contributed by atoms with Crippen LogP contribution in [-0.4, -0.2) is 12.5 Å². The third-order valence-corrected chi connectivity index (χ3v) is 2.37. The third-order valence-electron chi connectivity index (χ3n) is 2.37. The molecule has 0 aliphatic carbocycles. The molecule has 1 rings (SSSR count). The average Bonchev–Trinajstić information content (AvgIpc) is 2.24. The van der Waals surface area contributed by atoms with Crippen molar-refractivity contribution in [3.05, 3.63) is 35.2 Å². The standard InChI is InChI=1S/C13H17FN2O/c1-9-7-12(14)11(8-13(9)15)5-3-4-6-16-10(2)17/h3,5,7-8H,4,6,15H2,1-2H3,(H,16,17). The van der Waals surface area contributed by atoms with E-state index in [9.17, 15) is 9.18 Å². The maximum Gasteiger partial charge on any atom is 0.216 e. The number of carbonyl (C=O) groups excluding carboxylic acids is 1. The van der Waals surface area contributed by atoms with E-state index in [1.54, 1.807) is 19.1 Å². The second kappa shape index (κ2) is 6.03. The van der Waals surface area contributed by atoms with Crippen molar-refractivity contribution < 1.29 is 9.18 Å². The van der Waals surface area contributed by atoms with Crippen LogP contribution in [0.3, 0.4) is 0 Å². The monoisotopic (exact) mass is 236 g/mol. The Bertz CT molecular complexity index is 441. The molecule has 0 bridgehead atoms. The number of amides is 1. The number of nitrogens with two attached hydrogens (primary N) is 1. The van der Waals surface area contributed by atoms with Crippen LogP contribution in [0.2, 0.25) is 0 Å². The number of halogens is 1. The Kier molecular flexibility index (Phi) is 4.69. The molecule has 1 amide bonds. The van der Waals surface area contributed by atoms with E-state index in [1.807, 2.05) is 6.08 Å². The normalized spacial score (nSPS) is 10.8. The lowest BCUT2D eigenvalue weighted by molar-refractivity contribution is -0.118. The highest BCUT2D eigenvalue weighted by Gasteiger charge is 2.02. The molecule has 3 nitrogen and oxygen atoms in total. The highest BCUT2D eigenvalue weighted by molar-refractivity contribution is 5.72. The van der Waals surface area contributed by atoms with E-state index in [2.05, 4.69) is 5.32 Å². The summed E-state index contributed by atoms with van der Waals surface area (Å²) in [6.45, 7) is 3.78. The number of anilines is 1. The number of hydrogen-bond donors (Lipinski definition) is 2. The molecule has 0 unspecified atom stereocenters. The molecule has 0 atom stereocenters. The molecule has 1 aromatic rings. The molecule has 0 saturated heterocycles. The SMILES string of the molecule is CC(=O)NCCC=Cc1cc(N)c(C)cc1F. The summed E-state index contributed by atoms with van der Waals surface area (Å²) in [6.07, 6.45) is 4.14. The zero-order valence-corrected chi connectivity index (χ0v) is 10.1. The summed E-state index contributed by atoms with van der Waals surface area (Å²) >= 11 is 0. The van der Waals surface area contributed by atoms with Gasteiger partial charge in [0.1, 0.15) is 5.82 Å². The summed E-state index contributed by atoms with van der Waals surface area (Å²) in [6, 6.07) is 3.03. The Morgan fingerprint density at radius 2 is 2.24 bits per heavy atom. The van der Waals surface area contributed by atoms with E-state index in [1.165, 1.54) is 13.0 Å². The Balaban J connectivity index is 2.59. The van der Waals surface area contributed by atoms with Crippen LogP contribution in [0.5, 0.6) is 0 Å². The molecule has 3 N–H and O–H groups in total. The van der Waals surface area contributed by atoms with Crippen LogP contribution in [0.15, 0.2) is 18.2 Å². The van der Waals surface area contributed by atoms with Crippen molar-refractivity contribution in [2.24, 2.45) is 0 Å². The van der Waals surface area contributed by atoms with E-state index in [-0.39, 0.29) is 11.7 Å². The topological polar surface area (TPSA) is 55.1 Å². The fourth-order valence-corrected chi connectivity index (χ4v) is 1.38. The van der Waals surface area contributed by atoms with E-state index in [4.69, 9.17) is 5.73 Å². The largest absolute Gasteiger partial charge is 0.398 e. The molecule has 4 heteroatoms. The van der Waals surface area contributed by atoms with Gasteiger partial charge in [-0.2, -0.15) is 0 Å². The van der Waals surface area contributed by atoms with Gasteiger partial charge in [-0.05, 0) is 31.0 Å². The predicted octanol–water partition coefficient (Wildman–Crippen LogP) is 2.26. The number of nitrogen functional groups attached to an aromatic ring is 1. The van der Waals surface area contributed by atoms with Crippen LogP contribution in [0.25, 0.3) is 6.08 Å². The van der Waals surface area contributed by atoms with E-state index in [0.29, 0.717) is 24.2 Å². The van der Waals surface area contributed by atoms with Crippen molar-refractivity contribution in [3.8, 4) is 0 Å². The van der Waals surface area contributed by atoms with Crippen molar-refractivity contribution in [1.29, 1.82) is 0 Å². The van der Waals surface area contributed by atoms with Crippen molar-refractivity contribution in [3.63, 3.8) is 0 Å². The van der Waals surface area contributed by atoms with Crippen LogP contribution in [0, 0.1) is 12.7 Å². The van der Waals surface area contributed by atoms with E-state index in [0.717, 1.165) is 5.56 Å². The molecule has 0 radical (unpaired) electrons. The minimum Gasteiger partial charge on any atom is -0.398 e. The van der Waals surface area contributed by atoms with Gasteiger partial charge in [-0.15, -0.1) is 0 Å². The van der Waals surface area contributed by atoms with Crippen molar-refractivity contribution in [1.82, 2.24) is 5.32 Å². The molecular formula is C13H17FN2O. The molecule has 1 aromatic carbocycles. The minimum atomic E-state index is -0.285. The number of carbonyl (C=O) groups is 1. The minimum absolute atomic E-state index is 0.0656. The maximum absolute atomic E-state index is 13.5. The molecular weight excluding hydrogens is 219 g/mol. The molecule has 0 heterocycles. The average molecular weight is 236 g/mol. The van der Waals surface area contributed by atoms with Gasteiger partial charge in [0.05, 0.1) is 0 Å². The lowest BCUT2D eigenvalue weighted by Gasteiger charge is -2.03. The first kappa shape index (κ1) is 13.2. The lowest BCUT2D eigenvalue weighted by Crippen LogP contribution is -2.20. The Labute approximate surface area is 101 Å². The zero-order valence-electron chi connectivity index (χ0n) is 10.1. The molecule has 0 aliphatic heterocycles. The summed E-state index contributed by atoms with van der Waals surface area (Å²) in [5.41, 5.74) is 7.48. The van der Waals surface area contributed by atoms with E-state index >= 15 is 0 Å². The van der Waals surface area contributed by atoms with Crippen LogP contribution < -0.4 is 11.1 Å². The van der Waals surface area contributed by atoms with Crippen molar-refractivity contribution in [2.45, 2.75) is 20.3 Å². The van der Waals surface area contributed by atoms with Crippen LogP contribution in [-0.2, 0) is 4.79 Å². The number of benzene rings is 1. The van der Waals surface area contributed by atoms with Crippen LogP contribution in [0.4, 0.5) is 10.1 Å². The molecule has 17 heavy (non-hydrogen) atoms. The number of rotatable bonds is 4. The van der Waals surface area contributed by atoms with Gasteiger partial charge in [-0.1, -0.05) is 12.2 Å². The first-order valence-electron chi connectivity index (χ1n) is 5.47. The summed E-state index contributed by atoms with van der Waals surface area (Å²) < 4.78 is 13.5. The third kappa shape index (κ3) is 4.26. The fraction of sp³-hybridized carbons (Fsp3) is 0.308. The Hall–Kier alpha value is -1.84. The first-order chi connectivity index (χ1) is 8.00. The summed E-state index contributed by atoms with van der Waals surface area (Å²) in [5, 5.41) is 2.66. The first-order valence-corrected chi connectivity index (χ1v) is 5.47. The number of nitrogens with one attached hydrogen (secondary N) is 1. The van der Waals surface area contributed by atoms with Gasteiger partial charge in [0.2, 0.25) is 5.91 Å². The maximum atomic E-state index is 13.5.